The normalized spacial score (nSPS) is 25.1. The lowest BCUT2D eigenvalue weighted by Gasteiger charge is -2.29. The van der Waals surface area contributed by atoms with Crippen molar-refractivity contribution in [3.63, 3.8) is 0 Å². The van der Waals surface area contributed by atoms with Crippen LogP contribution in [0.25, 0.3) is 0 Å². The quantitative estimate of drug-likeness (QED) is 0.844. The number of hydrogen-bond acceptors (Lipinski definition) is 5. The molecular formula is C12H21N3O2. The first-order valence-electron chi connectivity index (χ1n) is 6.48. The molecule has 1 saturated heterocycles. The number of rotatable bonds is 5. The van der Waals surface area contributed by atoms with Crippen molar-refractivity contribution in [3.8, 4) is 0 Å². The minimum Gasteiger partial charge on any atom is -0.381 e. The summed E-state index contributed by atoms with van der Waals surface area (Å²) in [6, 6.07) is 0.397. The summed E-state index contributed by atoms with van der Waals surface area (Å²) >= 11 is 0. The van der Waals surface area contributed by atoms with Crippen LogP contribution in [0.15, 0.2) is 4.52 Å². The molecule has 1 fully saturated rings. The van der Waals surface area contributed by atoms with Crippen molar-refractivity contribution in [2.45, 2.75) is 45.1 Å². The Morgan fingerprint density at radius 2 is 2.29 bits per heavy atom. The number of nitrogens with zero attached hydrogens (tertiary/aromatic N) is 2. The first-order chi connectivity index (χ1) is 8.35. The lowest BCUT2D eigenvalue weighted by atomic mass is 9.95. The van der Waals surface area contributed by atoms with Crippen molar-refractivity contribution in [1.82, 2.24) is 15.5 Å². The van der Waals surface area contributed by atoms with Gasteiger partial charge in [0.1, 0.15) is 0 Å². The first-order valence-corrected chi connectivity index (χ1v) is 6.48. The molecule has 5 nitrogen and oxygen atoms in total. The van der Waals surface area contributed by atoms with Gasteiger partial charge in [0.2, 0.25) is 5.89 Å². The smallest absolute Gasteiger partial charge is 0.233 e. The molecular weight excluding hydrogens is 218 g/mol. The second-order valence-corrected chi connectivity index (χ2v) is 4.43. The predicted octanol–water partition coefficient (Wildman–Crippen LogP) is 1.50. The van der Waals surface area contributed by atoms with Crippen LogP contribution in [0.5, 0.6) is 0 Å². The fraction of sp³-hybridized carbons (Fsp3) is 0.833. The van der Waals surface area contributed by atoms with Crippen molar-refractivity contribution in [2.24, 2.45) is 0 Å². The zero-order valence-corrected chi connectivity index (χ0v) is 10.6. The van der Waals surface area contributed by atoms with Crippen molar-refractivity contribution in [1.29, 1.82) is 0 Å². The molecule has 2 rings (SSSR count). The summed E-state index contributed by atoms with van der Waals surface area (Å²) in [6.07, 6.45) is 2.95. The van der Waals surface area contributed by atoms with E-state index in [1.807, 2.05) is 6.92 Å². The van der Waals surface area contributed by atoms with Crippen LogP contribution >= 0.6 is 0 Å². The molecule has 5 heteroatoms. The van der Waals surface area contributed by atoms with E-state index in [1.165, 1.54) is 0 Å². The molecule has 1 aliphatic rings. The molecule has 0 bridgehead atoms. The van der Waals surface area contributed by atoms with E-state index < -0.39 is 0 Å². The Bertz CT molecular complexity index is 340. The molecule has 1 N–H and O–H groups in total. The lowest BCUT2D eigenvalue weighted by molar-refractivity contribution is 0.0498. The summed E-state index contributed by atoms with van der Waals surface area (Å²) < 4.78 is 10.8. The molecule has 1 aromatic heterocycles. The highest BCUT2D eigenvalue weighted by Gasteiger charge is 2.31. The number of nitrogens with one attached hydrogen (secondary N) is 1. The summed E-state index contributed by atoms with van der Waals surface area (Å²) in [5.74, 6) is 1.69. The zero-order chi connectivity index (χ0) is 12.1. The Hall–Kier alpha value is -0.940. The Labute approximate surface area is 102 Å². The molecule has 1 aromatic rings. The Morgan fingerprint density at radius 3 is 3.00 bits per heavy atom. The second-order valence-electron chi connectivity index (χ2n) is 4.43. The summed E-state index contributed by atoms with van der Waals surface area (Å²) in [4.78, 5) is 4.41. The maximum absolute atomic E-state index is 5.52. The highest BCUT2D eigenvalue weighted by molar-refractivity contribution is 5.01. The molecule has 0 spiro atoms. The van der Waals surface area contributed by atoms with E-state index in [0.29, 0.717) is 12.6 Å². The Kier molecular flexibility index (Phi) is 4.50. The van der Waals surface area contributed by atoms with E-state index in [2.05, 4.69) is 22.4 Å². The molecule has 2 heterocycles. The molecule has 0 aliphatic carbocycles. The summed E-state index contributed by atoms with van der Waals surface area (Å²) in [5, 5.41) is 7.49. The van der Waals surface area contributed by atoms with Gasteiger partial charge < -0.3 is 14.6 Å². The molecule has 0 aromatic carbocycles. The molecule has 17 heavy (non-hydrogen) atoms. The van der Waals surface area contributed by atoms with Gasteiger partial charge in [-0.2, -0.15) is 4.98 Å². The van der Waals surface area contributed by atoms with Crippen LogP contribution in [0.3, 0.4) is 0 Å². The topological polar surface area (TPSA) is 60.2 Å². The average Bonchev–Trinajstić information content (AvgIpc) is 2.85. The number of aryl methyl sites for hydroxylation is 1. The highest BCUT2D eigenvalue weighted by Crippen LogP contribution is 2.24. The monoisotopic (exact) mass is 239 g/mol. The summed E-state index contributed by atoms with van der Waals surface area (Å²) in [6.45, 7) is 6.71. The fourth-order valence-electron chi connectivity index (χ4n) is 2.12. The molecule has 1 aliphatic heterocycles. The van der Waals surface area contributed by atoms with Crippen LogP contribution in [0, 0.1) is 0 Å². The zero-order valence-electron chi connectivity index (χ0n) is 10.6. The van der Waals surface area contributed by atoms with Gasteiger partial charge in [-0.1, -0.05) is 19.0 Å². The molecule has 0 amide bonds. The third kappa shape index (κ3) is 3.04. The van der Waals surface area contributed by atoms with Gasteiger partial charge in [-0.25, -0.2) is 0 Å². The fourth-order valence-corrected chi connectivity index (χ4v) is 2.12. The standard InChI is InChI=1S/C12H21N3O2/c1-3-6-13-10-5-7-16-8-9(10)12-14-11(4-2)15-17-12/h9-10,13H,3-8H2,1-2H3. The van der Waals surface area contributed by atoms with Crippen LogP contribution in [0.1, 0.15) is 44.3 Å². The van der Waals surface area contributed by atoms with Gasteiger partial charge in [-0.15, -0.1) is 0 Å². The summed E-state index contributed by atoms with van der Waals surface area (Å²) in [5.41, 5.74) is 0. The van der Waals surface area contributed by atoms with Gasteiger partial charge in [0, 0.05) is 19.1 Å². The maximum Gasteiger partial charge on any atom is 0.233 e. The first kappa shape index (κ1) is 12.5. The molecule has 0 radical (unpaired) electrons. The molecule has 96 valence electrons. The third-order valence-corrected chi connectivity index (χ3v) is 3.13. The van der Waals surface area contributed by atoms with Crippen LogP contribution in [-0.2, 0) is 11.2 Å². The van der Waals surface area contributed by atoms with Gasteiger partial charge in [-0.3, -0.25) is 0 Å². The van der Waals surface area contributed by atoms with Crippen molar-refractivity contribution in [3.05, 3.63) is 11.7 Å². The largest absolute Gasteiger partial charge is 0.381 e. The summed E-state index contributed by atoms with van der Waals surface area (Å²) in [7, 11) is 0. The molecule has 0 saturated carbocycles. The van der Waals surface area contributed by atoms with E-state index in [-0.39, 0.29) is 5.92 Å². The van der Waals surface area contributed by atoms with Crippen LogP contribution in [0.4, 0.5) is 0 Å². The van der Waals surface area contributed by atoms with Gasteiger partial charge >= 0.3 is 0 Å². The van der Waals surface area contributed by atoms with E-state index in [0.717, 1.165) is 44.1 Å². The predicted molar refractivity (Wildman–Crippen MR) is 63.9 cm³/mol. The molecule has 2 unspecified atom stereocenters. The van der Waals surface area contributed by atoms with Gasteiger partial charge in [-0.05, 0) is 19.4 Å². The minimum absolute atomic E-state index is 0.197. The van der Waals surface area contributed by atoms with Crippen molar-refractivity contribution in [2.75, 3.05) is 19.8 Å². The number of hydrogen-bond donors (Lipinski definition) is 1. The van der Waals surface area contributed by atoms with E-state index in [9.17, 15) is 0 Å². The highest BCUT2D eigenvalue weighted by atomic mass is 16.5. The maximum atomic E-state index is 5.52. The Morgan fingerprint density at radius 1 is 1.41 bits per heavy atom. The van der Waals surface area contributed by atoms with Crippen molar-refractivity contribution >= 4 is 0 Å². The van der Waals surface area contributed by atoms with E-state index in [4.69, 9.17) is 9.26 Å². The lowest BCUT2D eigenvalue weighted by Crippen LogP contribution is -2.41. The number of ether oxygens (including phenoxy) is 1. The van der Waals surface area contributed by atoms with Crippen LogP contribution in [-0.4, -0.2) is 35.9 Å². The molecule has 2 atom stereocenters. The minimum atomic E-state index is 0.197. The third-order valence-electron chi connectivity index (χ3n) is 3.13. The van der Waals surface area contributed by atoms with Crippen LogP contribution < -0.4 is 5.32 Å². The van der Waals surface area contributed by atoms with Gasteiger partial charge in [0.05, 0.1) is 12.5 Å². The van der Waals surface area contributed by atoms with E-state index in [1.54, 1.807) is 0 Å². The Balaban J connectivity index is 2.04. The SMILES string of the molecule is CCCNC1CCOCC1c1nc(CC)no1. The van der Waals surface area contributed by atoms with Gasteiger partial charge in [0.15, 0.2) is 5.82 Å². The average molecular weight is 239 g/mol. The van der Waals surface area contributed by atoms with Crippen LogP contribution in [0.2, 0.25) is 0 Å². The number of aromatic nitrogens is 2. The second kappa shape index (κ2) is 6.12. The van der Waals surface area contributed by atoms with Gasteiger partial charge in [0.25, 0.3) is 0 Å². The van der Waals surface area contributed by atoms with Crippen molar-refractivity contribution < 1.29 is 9.26 Å². The van der Waals surface area contributed by atoms with E-state index >= 15 is 0 Å².